The van der Waals surface area contributed by atoms with Gasteiger partial charge in [-0.25, -0.2) is 4.79 Å². The van der Waals surface area contributed by atoms with Crippen molar-refractivity contribution >= 4 is 23.6 Å². The van der Waals surface area contributed by atoms with Crippen LogP contribution in [0.2, 0.25) is 0 Å². The Hall–Kier alpha value is -3.99. The molecule has 8 nitrogen and oxygen atoms in total. The summed E-state index contributed by atoms with van der Waals surface area (Å²) in [6.07, 6.45) is 6.08. The van der Waals surface area contributed by atoms with Crippen LogP contribution in [0.3, 0.4) is 0 Å². The molecule has 0 aliphatic heterocycles. The van der Waals surface area contributed by atoms with Crippen LogP contribution in [0.5, 0.6) is 5.75 Å². The van der Waals surface area contributed by atoms with Crippen LogP contribution in [0.15, 0.2) is 48.5 Å². The third-order valence-electron chi connectivity index (χ3n) is 6.75. The Labute approximate surface area is 238 Å². The van der Waals surface area contributed by atoms with E-state index in [0.717, 1.165) is 0 Å². The largest absolute Gasteiger partial charge is 0.497 e. The standard InChI is InChI=1S/C32H43N3O5/c1-10-21(4)27(34-31(38)40-32(6,7)8)30(37)35(22(5)11-2)28(24-15-13-23(12-3)14-16-24)29(36)33-25-17-19-26(39-9)20-18-25/h3,13-22,27-28H,10-11H2,1-2,4-9H3,(H,33,36)(H,34,38). The van der Waals surface area contributed by atoms with Crippen LogP contribution in [-0.4, -0.2) is 47.6 Å². The summed E-state index contributed by atoms with van der Waals surface area (Å²) in [5, 5.41) is 5.73. The number of rotatable bonds is 11. The zero-order chi connectivity index (χ0) is 30.0. The quantitative estimate of drug-likeness (QED) is 0.339. The minimum Gasteiger partial charge on any atom is -0.497 e. The lowest BCUT2D eigenvalue weighted by atomic mass is 9.94. The number of ether oxygens (including phenoxy) is 2. The van der Waals surface area contributed by atoms with Crippen LogP contribution in [0.4, 0.5) is 10.5 Å². The fraction of sp³-hybridized carbons (Fsp3) is 0.469. The van der Waals surface area contributed by atoms with Gasteiger partial charge in [-0.1, -0.05) is 45.2 Å². The normalized spacial score (nSPS) is 14.1. The minimum absolute atomic E-state index is 0.222. The lowest BCUT2D eigenvalue weighted by Gasteiger charge is -2.39. The van der Waals surface area contributed by atoms with Crippen LogP contribution < -0.4 is 15.4 Å². The van der Waals surface area contributed by atoms with Crippen molar-refractivity contribution in [2.24, 2.45) is 5.92 Å². The van der Waals surface area contributed by atoms with Crippen molar-refractivity contribution in [2.45, 2.75) is 85.0 Å². The number of alkyl carbamates (subject to hydrolysis) is 1. The molecule has 40 heavy (non-hydrogen) atoms. The molecule has 2 aromatic carbocycles. The summed E-state index contributed by atoms with van der Waals surface area (Å²) in [4.78, 5) is 42.7. The van der Waals surface area contributed by atoms with Crippen LogP contribution in [0, 0.1) is 18.3 Å². The Bertz CT molecular complexity index is 1180. The van der Waals surface area contributed by atoms with Gasteiger partial charge in [0.15, 0.2) is 0 Å². The summed E-state index contributed by atoms with van der Waals surface area (Å²) in [5.74, 6) is 2.25. The molecule has 8 heteroatoms. The number of methoxy groups -OCH3 is 1. The maximum absolute atomic E-state index is 14.4. The number of hydrogen-bond acceptors (Lipinski definition) is 5. The maximum Gasteiger partial charge on any atom is 0.408 e. The molecule has 2 aromatic rings. The number of nitrogens with zero attached hydrogens (tertiary/aromatic N) is 1. The van der Waals surface area contributed by atoms with Crippen molar-refractivity contribution in [1.82, 2.24) is 10.2 Å². The number of carbonyl (C=O) groups is 3. The fourth-order valence-corrected chi connectivity index (χ4v) is 4.16. The predicted octanol–water partition coefficient (Wildman–Crippen LogP) is 5.92. The van der Waals surface area contributed by atoms with Crippen molar-refractivity contribution in [3.8, 4) is 18.1 Å². The first-order valence-electron chi connectivity index (χ1n) is 13.7. The van der Waals surface area contributed by atoms with Crippen LogP contribution in [-0.2, 0) is 14.3 Å². The lowest BCUT2D eigenvalue weighted by molar-refractivity contribution is -0.144. The molecule has 0 fully saturated rings. The highest BCUT2D eigenvalue weighted by Gasteiger charge is 2.40. The Morgan fingerprint density at radius 2 is 1.57 bits per heavy atom. The smallest absolute Gasteiger partial charge is 0.408 e. The number of hydrogen-bond donors (Lipinski definition) is 2. The molecule has 0 aliphatic rings. The molecule has 3 amide bonds. The van der Waals surface area contributed by atoms with Crippen LogP contribution in [0.25, 0.3) is 0 Å². The Morgan fingerprint density at radius 1 is 0.975 bits per heavy atom. The van der Waals surface area contributed by atoms with Gasteiger partial charge >= 0.3 is 6.09 Å². The molecule has 0 saturated carbocycles. The first-order valence-corrected chi connectivity index (χ1v) is 13.7. The van der Waals surface area contributed by atoms with Crippen molar-refractivity contribution in [1.29, 1.82) is 0 Å². The zero-order valence-corrected chi connectivity index (χ0v) is 24.9. The summed E-state index contributed by atoms with van der Waals surface area (Å²) in [5.41, 5.74) is 1.07. The van der Waals surface area contributed by atoms with Gasteiger partial charge < -0.3 is 25.0 Å². The minimum atomic E-state index is -0.997. The summed E-state index contributed by atoms with van der Waals surface area (Å²) < 4.78 is 10.7. The number of carbonyl (C=O) groups excluding carboxylic acids is 3. The van der Waals surface area contributed by atoms with E-state index in [0.29, 0.717) is 35.4 Å². The maximum atomic E-state index is 14.4. The van der Waals surface area contributed by atoms with Gasteiger partial charge in [0.25, 0.3) is 5.91 Å². The molecule has 0 bridgehead atoms. The van der Waals surface area contributed by atoms with E-state index in [1.54, 1.807) is 81.3 Å². The Kier molecular flexibility index (Phi) is 11.6. The molecule has 0 spiro atoms. The van der Waals surface area contributed by atoms with Gasteiger partial charge in [0.2, 0.25) is 5.91 Å². The lowest BCUT2D eigenvalue weighted by Crippen LogP contribution is -2.56. The SMILES string of the molecule is C#Cc1ccc(C(C(=O)Nc2ccc(OC)cc2)N(C(=O)C(NC(=O)OC(C)(C)C)C(C)CC)C(C)CC)cc1. The zero-order valence-electron chi connectivity index (χ0n) is 24.9. The fourth-order valence-electron chi connectivity index (χ4n) is 4.16. The monoisotopic (exact) mass is 549 g/mol. The van der Waals surface area contributed by atoms with Crippen molar-refractivity contribution < 1.29 is 23.9 Å². The van der Waals surface area contributed by atoms with E-state index < -0.39 is 29.7 Å². The van der Waals surface area contributed by atoms with Crippen LogP contribution >= 0.6 is 0 Å². The van der Waals surface area contributed by atoms with E-state index in [-0.39, 0.29) is 17.9 Å². The van der Waals surface area contributed by atoms with Crippen molar-refractivity contribution in [3.05, 3.63) is 59.7 Å². The highest BCUT2D eigenvalue weighted by atomic mass is 16.6. The Morgan fingerprint density at radius 3 is 2.05 bits per heavy atom. The van der Waals surface area contributed by atoms with Gasteiger partial charge in [0.05, 0.1) is 7.11 Å². The summed E-state index contributed by atoms with van der Waals surface area (Å²) in [6, 6.07) is 11.7. The molecule has 0 saturated heterocycles. The molecular formula is C32H43N3O5. The highest BCUT2D eigenvalue weighted by molar-refractivity contribution is 5.99. The molecule has 0 aliphatic carbocycles. The average Bonchev–Trinajstić information content (AvgIpc) is 2.92. The van der Waals surface area contributed by atoms with E-state index in [1.165, 1.54) is 0 Å². The van der Waals surface area contributed by atoms with Gasteiger partial charge in [-0.05, 0) is 82.0 Å². The topological polar surface area (TPSA) is 97.0 Å². The third kappa shape index (κ3) is 8.77. The summed E-state index contributed by atoms with van der Waals surface area (Å²) in [7, 11) is 1.57. The molecule has 4 atom stereocenters. The molecular weight excluding hydrogens is 506 g/mol. The van der Waals surface area contributed by atoms with Crippen molar-refractivity contribution in [3.63, 3.8) is 0 Å². The molecule has 4 unspecified atom stereocenters. The molecule has 216 valence electrons. The van der Waals surface area contributed by atoms with Gasteiger partial charge in [0.1, 0.15) is 23.4 Å². The van der Waals surface area contributed by atoms with Gasteiger partial charge in [0, 0.05) is 17.3 Å². The van der Waals surface area contributed by atoms with Gasteiger partial charge in [-0.15, -0.1) is 6.42 Å². The predicted molar refractivity (Wildman–Crippen MR) is 158 cm³/mol. The molecule has 2 N–H and O–H groups in total. The van der Waals surface area contributed by atoms with Gasteiger partial charge in [-0.2, -0.15) is 0 Å². The molecule has 0 aromatic heterocycles. The number of amides is 3. The van der Waals surface area contributed by atoms with Crippen molar-refractivity contribution in [2.75, 3.05) is 12.4 Å². The first-order chi connectivity index (χ1) is 18.8. The number of anilines is 1. The number of benzene rings is 2. The summed E-state index contributed by atoms with van der Waals surface area (Å²) >= 11 is 0. The number of nitrogens with one attached hydrogen (secondary N) is 2. The van der Waals surface area contributed by atoms with E-state index in [9.17, 15) is 14.4 Å². The Balaban J connectivity index is 2.58. The van der Waals surface area contributed by atoms with E-state index >= 15 is 0 Å². The molecule has 0 heterocycles. The second kappa shape index (κ2) is 14.4. The van der Waals surface area contributed by atoms with E-state index in [4.69, 9.17) is 15.9 Å². The molecule has 0 radical (unpaired) electrons. The number of terminal acetylenes is 1. The van der Waals surface area contributed by atoms with E-state index in [1.807, 2.05) is 27.7 Å². The van der Waals surface area contributed by atoms with Crippen LogP contribution in [0.1, 0.15) is 78.5 Å². The van der Waals surface area contributed by atoms with E-state index in [2.05, 4.69) is 16.6 Å². The average molecular weight is 550 g/mol. The summed E-state index contributed by atoms with van der Waals surface area (Å²) in [6.45, 7) is 13.0. The van der Waals surface area contributed by atoms with Gasteiger partial charge in [-0.3, -0.25) is 9.59 Å². The molecule has 2 rings (SSSR count). The highest BCUT2D eigenvalue weighted by Crippen LogP contribution is 2.29. The third-order valence-corrected chi connectivity index (χ3v) is 6.75. The second-order valence-electron chi connectivity index (χ2n) is 10.9. The second-order valence-corrected chi connectivity index (χ2v) is 10.9. The first kappa shape index (κ1) is 32.2.